The highest BCUT2D eigenvalue weighted by Gasteiger charge is 2.56. The fourth-order valence-electron chi connectivity index (χ4n) is 3.39. The monoisotopic (exact) mass is 332 g/mol. The van der Waals surface area contributed by atoms with Crippen molar-refractivity contribution in [3.05, 3.63) is 35.1 Å². The average Bonchev–Trinajstić information content (AvgIpc) is 2.91. The van der Waals surface area contributed by atoms with Gasteiger partial charge in [0.15, 0.2) is 0 Å². The topological polar surface area (TPSA) is 52.6 Å². The number of nitrogens with zero attached hydrogens (tertiary/aromatic N) is 1. The lowest BCUT2D eigenvalue weighted by Gasteiger charge is -2.16. The quantitative estimate of drug-likeness (QED) is 0.834. The summed E-state index contributed by atoms with van der Waals surface area (Å²) >= 11 is 0. The van der Waals surface area contributed by atoms with E-state index < -0.39 is 23.7 Å². The van der Waals surface area contributed by atoms with Crippen molar-refractivity contribution >= 4 is 6.09 Å². The lowest BCUT2D eigenvalue weighted by atomic mass is 10.1. The molecule has 2 N–H and O–H groups in total. The smallest absolute Gasteiger partial charge is 0.419 e. The molecular weight excluding hydrogens is 316 g/mol. The summed E-state index contributed by atoms with van der Waals surface area (Å²) in [6, 6.07) is 2.98. The van der Waals surface area contributed by atoms with Crippen molar-refractivity contribution in [1.82, 2.24) is 10.2 Å². The molecule has 126 valence electrons. The molecular formula is C15H16F4N2O2. The number of alkyl halides is 3. The standard InChI is InChI=1S/C15H16F4N2O2/c16-13-2-1-8(3-12(13)15(17,18)19)4-20-5-9-10-6-21(14(22)23)7-11(9)10/h1-3,9-11,20H,4-7H2,(H,22,23). The van der Waals surface area contributed by atoms with Crippen LogP contribution in [0.1, 0.15) is 11.1 Å². The molecule has 2 fully saturated rings. The number of halogens is 4. The van der Waals surface area contributed by atoms with Crippen LogP contribution in [0.4, 0.5) is 22.4 Å². The third kappa shape index (κ3) is 3.26. The van der Waals surface area contributed by atoms with E-state index in [-0.39, 0.29) is 6.54 Å². The number of nitrogens with one attached hydrogen (secondary N) is 1. The van der Waals surface area contributed by atoms with Crippen LogP contribution in [0.2, 0.25) is 0 Å². The van der Waals surface area contributed by atoms with Crippen molar-refractivity contribution in [3.63, 3.8) is 0 Å². The second kappa shape index (κ2) is 5.67. The first-order valence-electron chi connectivity index (χ1n) is 7.31. The molecule has 8 heteroatoms. The predicted octanol–water partition coefficient (Wildman–Crippen LogP) is 2.79. The van der Waals surface area contributed by atoms with Crippen LogP contribution in [-0.4, -0.2) is 35.7 Å². The van der Waals surface area contributed by atoms with Gasteiger partial charge < -0.3 is 15.3 Å². The van der Waals surface area contributed by atoms with E-state index in [1.807, 2.05) is 0 Å². The van der Waals surface area contributed by atoms with Crippen molar-refractivity contribution in [2.45, 2.75) is 12.7 Å². The van der Waals surface area contributed by atoms with Gasteiger partial charge in [0.1, 0.15) is 5.82 Å². The Morgan fingerprint density at radius 3 is 2.52 bits per heavy atom. The molecule has 2 atom stereocenters. The number of amides is 1. The molecule has 4 nitrogen and oxygen atoms in total. The van der Waals surface area contributed by atoms with Gasteiger partial charge in [-0.05, 0) is 42.0 Å². The lowest BCUT2D eigenvalue weighted by Crippen LogP contribution is -2.31. The Hall–Kier alpha value is -1.83. The van der Waals surface area contributed by atoms with Gasteiger partial charge in [-0.2, -0.15) is 13.2 Å². The first-order chi connectivity index (χ1) is 10.8. The summed E-state index contributed by atoms with van der Waals surface area (Å²) in [7, 11) is 0. The molecule has 0 aromatic heterocycles. The number of rotatable bonds is 4. The number of carboxylic acid groups (broad SMARTS) is 1. The van der Waals surface area contributed by atoms with Gasteiger partial charge in [0.05, 0.1) is 5.56 Å². The van der Waals surface area contributed by atoms with Crippen LogP contribution in [0, 0.1) is 23.6 Å². The van der Waals surface area contributed by atoms with Crippen LogP contribution >= 0.6 is 0 Å². The Morgan fingerprint density at radius 1 is 1.30 bits per heavy atom. The number of carbonyl (C=O) groups is 1. The Balaban J connectivity index is 1.49. The van der Waals surface area contributed by atoms with Gasteiger partial charge in [0, 0.05) is 19.6 Å². The highest BCUT2D eigenvalue weighted by molar-refractivity contribution is 5.65. The summed E-state index contributed by atoms with van der Waals surface area (Å²) in [5, 5.41) is 11.9. The second-order valence-corrected chi connectivity index (χ2v) is 6.12. The van der Waals surface area contributed by atoms with E-state index in [0.717, 1.165) is 12.1 Å². The summed E-state index contributed by atoms with van der Waals surface area (Å²) < 4.78 is 51.1. The van der Waals surface area contributed by atoms with E-state index >= 15 is 0 Å². The molecule has 2 unspecified atom stereocenters. The molecule has 1 aliphatic heterocycles. The Kier molecular flexibility index (Phi) is 3.95. The molecule has 3 rings (SSSR count). The van der Waals surface area contributed by atoms with E-state index in [0.29, 0.717) is 43.0 Å². The average molecular weight is 332 g/mol. The van der Waals surface area contributed by atoms with Crippen molar-refractivity contribution in [3.8, 4) is 0 Å². The minimum Gasteiger partial charge on any atom is -0.465 e. The normalized spacial score (nSPS) is 26.3. The third-order valence-electron chi connectivity index (χ3n) is 4.69. The first-order valence-corrected chi connectivity index (χ1v) is 7.31. The molecule has 23 heavy (non-hydrogen) atoms. The first kappa shape index (κ1) is 16.0. The van der Waals surface area contributed by atoms with Crippen LogP contribution in [0.25, 0.3) is 0 Å². The highest BCUT2D eigenvalue weighted by Crippen LogP contribution is 2.51. The number of hydrogen-bond donors (Lipinski definition) is 2. The van der Waals surface area contributed by atoms with E-state index in [4.69, 9.17) is 5.11 Å². The highest BCUT2D eigenvalue weighted by atomic mass is 19.4. The summed E-state index contributed by atoms with van der Waals surface area (Å²) in [4.78, 5) is 12.2. The van der Waals surface area contributed by atoms with Gasteiger partial charge >= 0.3 is 12.3 Å². The van der Waals surface area contributed by atoms with Crippen LogP contribution in [-0.2, 0) is 12.7 Å². The summed E-state index contributed by atoms with van der Waals surface area (Å²) in [6.07, 6.45) is -5.61. The predicted molar refractivity (Wildman–Crippen MR) is 73.2 cm³/mol. The number of likely N-dealkylation sites (tertiary alicyclic amines) is 1. The largest absolute Gasteiger partial charge is 0.465 e. The van der Waals surface area contributed by atoms with E-state index in [1.54, 1.807) is 0 Å². The van der Waals surface area contributed by atoms with Crippen LogP contribution in [0.15, 0.2) is 18.2 Å². The molecule has 1 heterocycles. The molecule has 1 saturated carbocycles. The zero-order chi connectivity index (χ0) is 16.8. The molecule has 1 amide bonds. The van der Waals surface area contributed by atoms with E-state index in [2.05, 4.69) is 5.32 Å². The SMILES string of the molecule is O=C(O)N1CC2C(CNCc3ccc(F)c(C(F)(F)F)c3)C2C1. The zero-order valence-electron chi connectivity index (χ0n) is 12.1. The molecule has 0 spiro atoms. The summed E-state index contributed by atoms with van der Waals surface area (Å²) in [5.74, 6) is -0.213. The Bertz CT molecular complexity index is 608. The zero-order valence-corrected chi connectivity index (χ0v) is 12.1. The maximum absolute atomic E-state index is 13.2. The lowest BCUT2D eigenvalue weighted by molar-refractivity contribution is -0.140. The van der Waals surface area contributed by atoms with Gasteiger partial charge in [-0.25, -0.2) is 9.18 Å². The fourth-order valence-corrected chi connectivity index (χ4v) is 3.39. The fraction of sp³-hybridized carbons (Fsp3) is 0.533. The van der Waals surface area contributed by atoms with E-state index in [9.17, 15) is 22.4 Å². The van der Waals surface area contributed by atoms with Gasteiger partial charge in [-0.3, -0.25) is 0 Å². The van der Waals surface area contributed by atoms with Crippen LogP contribution in [0.5, 0.6) is 0 Å². The third-order valence-corrected chi connectivity index (χ3v) is 4.69. The molecule has 1 aliphatic carbocycles. The van der Waals surface area contributed by atoms with Gasteiger partial charge in [-0.15, -0.1) is 0 Å². The maximum Gasteiger partial charge on any atom is 0.419 e. The Morgan fingerprint density at radius 2 is 1.96 bits per heavy atom. The molecule has 1 aromatic rings. The maximum atomic E-state index is 13.2. The second-order valence-electron chi connectivity index (χ2n) is 6.12. The summed E-state index contributed by atoms with van der Waals surface area (Å²) in [5.41, 5.74) is -0.881. The van der Waals surface area contributed by atoms with Crippen molar-refractivity contribution in [2.75, 3.05) is 19.6 Å². The number of benzene rings is 1. The summed E-state index contributed by atoms with van der Waals surface area (Å²) in [6.45, 7) is 1.91. The van der Waals surface area contributed by atoms with Gasteiger partial charge in [0.25, 0.3) is 0 Å². The van der Waals surface area contributed by atoms with E-state index in [1.165, 1.54) is 11.0 Å². The van der Waals surface area contributed by atoms with Crippen molar-refractivity contribution in [1.29, 1.82) is 0 Å². The minimum atomic E-state index is -4.70. The van der Waals surface area contributed by atoms with Crippen molar-refractivity contribution in [2.24, 2.45) is 17.8 Å². The molecule has 1 saturated heterocycles. The molecule has 0 bridgehead atoms. The number of hydrogen-bond acceptors (Lipinski definition) is 2. The number of fused-ring (bicyclic) bond motifs is 1. The molecule has 2 aliphatic rings. The molecule has 1 aromatic carbocycles. The van der Waals surface area contributed by atoms with Gasteiger partial charge in [-0.1, -0.05) is 6.07 Å². The van der Waals surface area contributed by atoms with Crippen LogP contribution < -0.4 is 5.32 Å². The van der Waals surface area contributed by atoms with Gasteiger partial charge in [0.2, 0.25) is 0 Å². The molecule has 0 radical (unpaired) electrons. The Labute approximate surface area is 130 Å². The minimum absolute atomic E-state index is 0.224. The number of piperidine rings is 1. The van der Waals surface area contributed by atoms with Crippen molar-refractivity contribution < 1.29 is 27.5 Å². The van der Waals surface area contributed by atoms with Crippen LogP contribution in [0.3, 0.4) is 0 Å².